The zero-order valence-corrected chi connectivity index (χ0v) is 11.5. The molecule has 7 nitrogen and oxygen atoms in total. The van der Waals surface area contributed by atoms with Crippen LogP contribution in [0.4, 0.5) is 8.78 Å². The quantitative estimate of drug-likeness (QED) is 0.843. The third kappa shape index (κ3) is 3.11. The second-order valence-electron chi connectivity index (χ2n) is 3.35. The van der Waals surface area contributed by atoms with Crippen molar-refractivity contribution in [1.82, 2.24) is 25.3 Å². The number of aromatic nitrogens is 4. The highest BCUT2D eigenvalue weighted by Gasteiger charge is 2.23. The van der Waals surface area contributed by atoms with Crippen LogP contribution in [0.2, 0.25) is 0 Å². The highest BCUT2D eigenvalue weighted by Crippen LogP contribution is 2.26. The first-order chi connectivity index (χ1) is 8.90. The number of tetrazole rings is 1. The molecule has 0 saturated heterocycles. The molecule has 102 valence electrons. The number of hydrogen-bond acceptors (Lipinski definition) is 5. The Labute approximate surface area is 114 Å². The molecule has 0 unspecified atom stereocenters. The first-order valence-corrected chi connectivity index (χ1v) is 7.04. The SMILES string of the molecule is O=S(=O)(NCc1nn[nH]n1)c1c(F)cc(F)cc1Br. The van der Waals surface area contributed by atoms with Crippen LogP contribution in [0.5, 0.6) is 0 Å². The van der Waals surface area contributed by atoms with E-state index in [0.717, 1.165) is 6.07 Å². The zero-order valence-electron chi connectivity index (χ0n) is 9.06. The van der Waals surface area contributed by atoms with Gasteiger partial charge >= 0.3 is 0 Å². The van der Waals surface area contributed by atoms with Crippen LogP contribution in [0, 0.1) is 11.6 Å². The van der Waals surface area contributed by atoms with Gasteiger partial charge < -0.3 is 0 Å². The molecule has 0 aliphatic heterocycles. The van der Waals surface area contributed by atoms with Gasteiger partial charge in [-0.15, -0.1) is 10.2 Å². The number of nitrogens with one attached hydrogen (secondary N) is 2. The fraction of sp³-hybridized carbons (Fsp3) is 0.125. The molecule has 2 rings (SSSR count). The van der Waals surface area contributed by atoms with Crippen molar-refractivity contribution in [3.05, 3.63) is 34.1 Å². The Bertz CT molecular complexity index is 668. The van der Waals surface area contributed by atoms with Crippen LogP contribution in [0.25, 0.3) is 0 Å². The second-order valence-corrected chi connectivity index (χ2v) is 5.91. The molecule has 2 N–H and O–H groups in total. The minimum absolute atomic E-state index is 0.0854. The van der Waals surface area contributed by atoms with Gasteiger partial charge in [0, 0.05) is 10.5 Å². The maximum absolute atomic E-state index is 13.5. The lowest BCUT2D eigenvalue weighted by Crippen LogP contribution is -2.25. The van der Waals surface area contributed by atoms with E-state index in [2.05, 4.69) is 41.3 Å². The Morgan fingerprint density at radius 3 is 2.68 bits per heavy atom. The molecule has 2 aromatic rings. The summed E-state index contributed by atoms with van der Waals surface area (Å²) in [7, 11) is -4.17. The van der Waals surface area contributed by atoms with Gasteiger partial charge in [-0.25, -0.2) is 21.9 Å². The lowest BCUT2D eigenvalue weighted by atomic mass is 10.3. The summed E-state index contributed by atoms with van der Waals surface area (Å²) in [6.45, 7) is -0.276. The molecular formula is C8H6BrF2N5O2S. The number of benzene rings is 1. The largest absolute Gasteiger partial charge is 0.245 e. The molecule has 19 heavy (non-hydrogen) atoms. The van der Waals surface area contributed by atoms with Crippen molar-refractivity contribution in [1.29, 1.82) is 0 Å². The lowest BCUT2D eigenvalue weighted by Gasteiger charge is -2.08. The van der Waals surface area contributed by atoms with Crippen LogP contribution in [-0.2, 0) is 16.6 Å². The molecule has 1 aromatic carbocycles. The van der Waals surface area contributed by atoms with E-state index in [1.807, 2.05) is 0 Å². The molecule has 0 saturated carbocycles. The minimum atomic E-state index is -4.17. The van der Waals surface area contributed by atoms with E-state index < -0.39 is 26.6 Å². The lowest BCUT2D eigenvalue weighted by molar-refractivity contribution is 0.540. The topological polar surface area (TPSA) is 101 Å². The number of hydrogen-bond donors (Lipinski definition) is 2. The van der Waals surface area contributed by atoms with Gasteiger partial charge in [0.25, 0.3) is 0 Å². The maximum atomic E-state index is 13.5. The van der Waals surface area contributed by atoms with Gasteiger partial charge in [-0.05, 0) is 22.0 Å². The molecule has 1 aromatic heterocycles. The van der Waals surface area contributed by atoms with Gasteiger partial charge in [0.05, 0.1) is 6.54 Å². The van der Waals surface area contributed by atoms with Crippen LogP contribution < -0.4 is 4.72 Å². The minimum Gasteiger partial charge on any atom is -0.207 e. The fourth-order valence-electron chi connectivity index (χ4n) is 1.27. The van der Waals surface area contributed by atoms with Gasteiger partial charge in [0.2, 0.25) is 10.0 Å². The molecule has 11 heteroatoms. The normalized spacial score (nSPS) is 11.7. The fourth-order valence-corrected chi connectivity index (χ4v) is 3.42. The molecular weight excluding hydrogens is 348 g/mol. The van der Waals surface area contributed by atoms with E-state index in [4.69, 9.17) is 0 Å². The Morgan fingerprint density at radius 2 is 2.11 bits per heavy atom. The predicted octanol–water partition coefficient (Wildman–Crippen LogP) is 0.719. The molecule has 0 fully saturated rings. The maximum Gasteiger partial charge on any atom is 0.245 e. The third-order valence-electron chi connectivity index (χ3n) is 2.04. The standard InChI is InChI=1S/C8H6BrF2N5O2S/c9-5-1-4(10)2-6(11)8(5)19(17,18)12-3-7-13-15-16-14-7/h1-2,12H,3H2,(H,13,14,15,16). The zero-order chi connectivity index (χ0) is 14.0. The summed E-state index contributed by atoms with van der Waals surface area (Å²) < 4.78 is 52.1. The average Bonchev–Trinajstić information content (AvgIpc) is 2.77. The Morgan fingerprint density at radius 1 is 1.37 bits per heavy atom. The summed E-state index contributed by atoms with van der Waals surface area (Å²) in [4.78, 5) is -0.683. The molecule has 0 radical (unpaired) electrons. The van der Waals surface area contributed by atoms with E-state index in [1.54, 1.807) is 0 Å². The van der Waals surface area contributed by atoms with Crippen LogP contribution in [0.15, 0.2) is 21.5 Å². The van der Waals surface area contributed by atoms with E-state index in [1.165, 1.54) is 0 Å². The number of rotatable bonds is 4. The summed E-state index contributed by atoms with van der Waals surface area (Å²) in [5.74, 6) is -2.00. The van der Waals surface area contributed by atoms with E-state index >= 15 is 0 Å². The highest BCUT2D eigenvalue weighted by molar-refractivity contribution is 9.10. The van der Waals surface area contributed by atoms with Crippen LogP contribution in [0.3, 0.4) is 0 Å². The Kier molecular flexibility index (Phi) is 3.87. The van der Waals surface area contributed by atoms with E-state index in [0.29, 0.717) is 6.07 Å². The number of sulfonamides is 1. The monoisotopic (exact) mass is 353 g/mol. The first kappa shape index (κ1) is 14.0. The summed E-state index contributed by atoms with van der Waals surface area (Å²) in [6, 6.07) is 1.33. The predicted molar refractivity (Wildman–Crippen MR) is 62.3 cm³/mol. The van der Waals surface area contributed by atoms with Crippen LogP contribution >= 0.6 is 15.9 Å². The second kappa shape index (κ2) is 5.27. The van der Waals surface area contributed by atoms with E-state index in [9.17, 15) is 17.2 Å². The smallest absolute Gasteiger partial charge is 0.207 e. The van der Waals surface area contributed by atoms with Gasteiger partial charge in [-0.1, -0.05) is 5.21 Å². The number of halogens is 3. The van der Waals surface area contributed by atoms with Crippen molar-refractivity contribution in [2.45, 2.75) is 11.4 Å². The number of H-pyrrole nitrogens is 1. The molecule has 1 heterocycles. The Hall–Kier alpha value is -1.46. The molecule has 0 atom stereocenters. The molecule has 0 bridgehead atoms. The van der Waals surface area contributed by atoms with Crippen molar-refractivity contribution in [2.75, 3.05) is 0 Å². The number of nitrogens with zero attached hydrogens (tertiary/aromatic N) is 3. The van der Waals surface area contributed by atoms with Gasteiger partial charge in [0.15, 0.2) is 5.82 Å². The van der Waals surface area contributed by atoms with Crippen molar-refractivity contribution >= 4 is 26.0 Å². The summed E-state index contributed by atoms with van der Waals surface area (Å²) in [5, 5.41) is 12.4. The number of aromatic amines is 1. The Balaban J connectivity index is 2.29. The van der Waals surface area contributed by atoms with Crippen molar-refractivity contribution in [2.24, 2.45) is 0 Å². The summed E-state index contributed by atoms with van der Waals surface area (Å²) in [5.41, 5.74) is 0. The molecule has 0 spiro atoms. The third-order valence-corrected chi connectivity index (χ3v) is 4.41. The van der Waals surface area contributed by atoms with Crippen molar-refractivity contribution in [3.63, 3.8) is 0 Å². The molecule has 0 aliphatic carbocycles. The van der Waals surface area contributed by atoms with Crippen molar-refractivity contribution in [3.8, 4) is 0 Å². The van der Waals surface area contributed by atoms with Gasteiger partial charge in [0.1, 0.15) is 16.5 Å². The summed E-state index contributed by atoms with van der Waals surface area (Å²) >= 11 is 2.80. The first-order valence-electron chi connectivity index (χ1n) is 4.76. The van der Waals surface area contributed by atoms with Gasteiger partial charge in [-0.3, -0.25) is 0 Å². The van der Waals surface area contributed by atoms with Crippen molar-refractivity contribution < 1.29 is 17.2 Å². The average molecular weight is 354 g/mol. The van der Waals surface area contributed by atoms with Crippen LogP contribution in [0.1, 0.15) is 5.82 Å². The highest BCUT2D eigenvalue weighted by atomic mass is 79.9. The van der Waals surface area contributed by atoms with Gasteiger partial charge in [-0.2, -0.15) is 5.21 Å². The van der Waals surface area contributed by atoms with E-state index in [-0.39, 0.29) is 16.8 Å². The molecule has 0 amide bonds. The summed E-state index contributed by atoms with van der Waals surface area (Å²) in [6.07, 6.45) is 0. The van der Waals surface area contributed by atoms with Crippen LogP contribution in [-0.4, -0.2) is 29.0 Å². The molecule has 0 aliphatic rings.